The predicted octanol–water partition coefficient (Wildman–Crippen LogP) is 2.58. The second kappa shape index (κ2) is 6.07. The van der Waals surface area contributed by atoms with Gasteiger partial charge in [0.1, 0.15) is 11.3 Å². The molecule has 1 aliphatic heterocycles. The van der Waals surface area contributed by atoms with Crippen LogP contribution in [0, 0.1) is 5.92 Å². The van der Waals surface area contributed by atoms with E-state index >= 15 is 0 Å². The van der Waals surface area contributed by atoms with Crippen molar-refractivity contribution in [2.75, 3.05) is 26.7 Å². The predicted molar refractivity (Wildman–Crippen MR) is 74.0 cm³/mol. The standard InChI is InChI=1S/C14H27FN2O2/c1-13(2,3)19-12(18)17-9-6-11(10-17)14(4,15)7-8-16-5/h11,16H,6-10H2,1-5H3. The number of amides is 1. The Hall–Kier alpha value is -0.840. The fourth-order valence-corrected chi connectivity index (χ4v) is 2.32. The molecule has 0 radical (unpaired) electrons. The van der Waals surface area contributed by atoms with Gasteiger partial charge in [-0.15, -0.1) is 0 Å². The number of likely N-dealkylation sites (tertiary alicyclic amines) is 1. The van der Waals surface area contributed by atoms with Crippen molar-refractivity contribution in [3.8, 4) is 0 Å². The minimum atomic E-state index is -1.24. The smallest absolute Gasteiger partial charge is 0.410 e. The van der Waals surface area contributed by atoms with E-state index in [-0.39, 0.29) is 12.0 Å². The number of rotatable bonds is 4. The lowest BCUT2D eigenvalue weighted by Crippen LogP contribution is -2.38. The monoisotopic (exact) mass is 274 g/mol. The Kier molecular flexibility index (Phi) is 5.18. The van der Waals surface area contributed by atoms with Crippen LogP contribution in [0.25, 0.3) is 0 Å². The third kappa shape index (κ3) is 4.97. The Bertz CT molecular complexity index is 313. The Morgan fingerprint density at radius 2 is 2.05 bits per heavy atom. The summed E-state index contributed by atoms with van der Waals surface area (Å²) in [6, 6.07) is 0. The molecule has 1 N–H and O–H groups in total. The Labute approximate surface area is 115 Å². The molecule has 0 bridgehead atoms. The zero-order valence-electron chi connectivity index (χ0n) is 12.8. The van der Waals surface area contributed by atoms with Crippen LogP contribution >= 0.6 is 0 Å². The molecule has 0 aliphatic carbocycles. The van der Waals surface area contributed by atoms with Gasteiger partial charge < -0.3 is 15.0 Å². The molecule has 2 atom stereocenters. The third-order valence-electron chi connectivity index (χ3n) is 3.56. The average molecular weight is 274 g/mol. The maximum atomic E-state index is 14.5. The van der Waals surface area contributed by atoms with Crippen molar-refractivity contribution in [1.82, 2.24) is 10.2 Å². The van der Waals surface area contributed by atoms with Crippen molar-refractivity contribution in [3.05, 3.63) is 0 Å². The van der Waals surface area contributed by atoms with E-state index in [2.05, 4.69) is 5.32 Å². The van der Waals surface area contributed by atoms with E-state index in [4.69, 9.17) is 4.74 Å². The number of alkyl halides is 1. The molecule has 112 valence electrons. The first-order valence-electron chi connectivity index (χ1n) is 6.97. The lowest BCUT2D eigenvalue weighted by atomic mass is 9.87. The molecule has 1 rings (SSSR count). The van der Waals surface area contributed by atoms with Gasteiger partial charge in [0, 0.05) is 19.0 Å². The van der Waals surface area contributed by atoms with E-state index in [0.29, 0.717) is 32.5 Å². The molecule has 0 aromatic heterocycles. The molecular weight excluding hydrogens is 247 g/mol. The number of carbonyl (C=O) groups excluding carboxylic acids is 1. The largest absolute Gasteiger partial charge is 0.444 e. The lowest BCUT2D eigenvalue weighted by Gasteiger charge is -2.28. The van der Waals surface area contributed by atoms with Gasteiger partial charge in [0.25, 0.3) is 0 Å². The average Bonchev–Trinajstić information content (AvgIpc) is 2.74. The van der Waals surface area contributed by atoms with Crippen LogP contribution in [-0.2, 0) is 4.74 Å². The Balaban J connectivity index is 2.51. The quantitative estimate of drug-likeness (QED) is 0.856. The molecule has 2 unspecified atom stereocenters. The molecule has 1 amide bonds. The summed E-state index contributed by atoms with van der Waals surface area (Å²) in [7, 11) is 1.82. The number of nitrogens with one attached hydrogen (secondary N) is 1. The van der Waals surface area contributed by atoms with Gasteiger partial charge >= 0.3 is 6.09 Å². The second-order valence-corrected chi connectivity index (χ2v) is 6.54. The van der Waals surface area contributed by atoms with Crippen LogP contribution in [0.5, 0.6) is 0 Å². The molecule has 1 saturated heterocycles. The Morgan fingerprint density at radius 1 is 1.42 bits per heavy atom. The highest BCUT2D eigenvalue weighted by Gasteiger charge is 2.40. The van der Waals surface area contributed by atoms with Crippen molar-refractivity contribution < 1.29 is 13.9 Å². The van der Waals surface area contributed by atoms with Crippen LogP contribution in [0.4, 0.5) is 9.18 Å². The van der Waals surface area contributed by atoms with Crippen molar-refractivity contribution in [3.63, 3.8) is 0 Å². The van der Waals surface area contributed by atoms with E-state index in [0.717, 1.165) is 0 Å². The summed E-state index contributed by atoms with van der Waals surface area (Å²) in [5.41, 5.74) is -1.74. The fraction of sp³-hybridized carbons (Fsp3) is 0.929. The third-order valence-corrected chi connectivity index (χ3v) is 3.56. The molecule has 5 heteroatoms. The van der Waals surface area contributed by atoms with E-state index < -0.39 is 11.3 Å². The van der Waals surface area contributed by atoms with Gasteiger partial charge in [0.05, 0.1) is 0 Å². The number of hydrogen-bond acceptors (Lipinski definition) is 3. The summed E-state index contributed by atoms with van der Waals surface area (Å²) in [5, 5.41) is 2.97. The first-order chi connectivity index (χ1) is 8.65. The molecule has 0 saturated carbocycles. The van der Waals surface area contributed by atoms with E-state index in [9.17, 15) is 9.18 Å². The minimum Gasteiger partial charge on any atom is -0.444 e. The van der Waals surface area contributed by atoms with E-state index in [1.807, 2.05) is 27.8 Å². The maximum absolute atomic E-state index is 14.5. The van der Waals surface area contributed by atoms with Gasteiger partial charge in [-0.25, -0.2) is 9.18 Å². The highest BCUT2D eigenvalue weighted by molar-refractivity contribution is 5.68. The molecule has 0 spiro atoms. The zero-order valence-corrected chi connectivity index (χ0v) is 12.8. The van der Waals surface area contributed by atoms with E-state index in [1.54, 1.807) is 11.8 Å². The number of halogens is 1. The lowest BCUT2D eigenvalue weighted by molar-refractivity contribution is 0.0258. The topological polar surface area (TPSA) is 41.6 Å². The van der Waals surface area contributed by atoms with Crippen LogP contribution in [0.1, 0.15) is 40.5 Å². The summed E-state index contributed by atoms with van der Waals surface area (Å²) >= 11 is 0. The van der Waals surface area contributed by atoms with E-state index in [1.165, 1.54) is 0 Å². The summed E-state index contributed by atoms with van der Waals surface area (Å²) in [6.07, 6.45) is 0.839. The van der Waals surface area contributed by atoms with Crippen LogP contribution in [0.2, 0.25) is 0 Å². The highest BCUT2D eigenvalue weighted by atomic mass is 19.1. The maximum Gasteiger partial charge on any atom is 0.410 e. The van der Waals surface area contributed by atoms with Crippen LogP contribution in [0.15, 0.2) is 0 Å². The SMILES string of the molecule is CNCCC(C)(F)C1CCN(C(=O)OC(C)(C)C)C1. The zero-order chi connectivity index (χ0) is 14.7. The molecule has 1 heterocycles. The van der Waals surface area contributed by atoms with Crippen LogP contribution in [-0.4, -0.2) is 48.9 Å². The summed E-state index contributed by atoms with van der Waals surface area (Å²) in [6.45, 7) is 8.83. The minimum absolute atomic E-state index is 0.103. The molecular formula is C14H27FN2O2. The molecule has 1 aliphatic rings. The molecule has 19 heavy (non-hydrogen) atoms. The van der Waals surface area contributed by atoms with Crippen molar-refractivity contribution in [2.45, 2.75) is 51.8 Å². The summed E-state index contributed by atoms with van der Waals surface area (Å²) in [4.78, 5) is 13.5. The van der Waals surface area contributed by atoms with Gasteiger partial charge in [-0.3, -0.25) is 0 Å². The van der Waals surface area contributed by atoms with Crippen molar-refractivity contribution in [2.24, 2.45) is 5.92 Å². The van der Waals surface area contributed by atoms with Gasteiger partial charge in [-0.2, -0.15) is 0 Å². The summed E-state index contributed by atoms with van der Waals surface area (Å²) in [5.74, 6) is -0.103. The normalized spacial score (nSPS) is 23.3. The van der Waals surface area contributed by atoms with Gasteiger partial charge in [-0.1, -0.05) is 0 Å². The fourth-order valence-electron chi connectivity index (χ4n) is 2.32. The molecule has 0 aromatic rings. The molecule has 1 fully saturated rings. The van der Waals surface area contributed by atoms with Crippen molar-refractivity contribution >= 4 is 6.09 Å². The van der Waals surface area contributed by atoms with Gasteiger partial charge in [0.15, 0.2) is 0 Å². The van der Waals surface area contributed by atoms with Crippen LogP contribution < -0.4 is 5.32 Å². The summed E-state index contributed by atoms with van der Waals surface area (Å²) < 4.78 is 19.9. The Morgan fingerprint density at radius 3 is 2.58 bits per heavy atom. The second-order valence-electron chi connectivity index (χ2n) is 6.54. The number of carbonyl (C=O) groups is 1. The number of hydrogen-bond donors (Lipinski definition) is 1. The van der Waals surface area contributed by atoms with Gasteiger partial charge in [0.2, 0.25) is 0 Å². The van der Waals surface area contributed by atoms with Crippen LogP contribution in [0.3, 0.4) is 0 Å². The molecule has 4 nitrogen and oxygen atoms in total. The van der Waals surface area contributed by atoms with Crippen molar-refractivity contribution in [1.29, 1.82) is 0 Å². The first kappa shape index (κ1) is 16.2. The first-order valence-corrected chi connectivity index (χ1v) is 6.97. The molecule has 0 aromatic carbocycles. The van der Waals surface area contributed by atoms with Gasteiger partial charge in [-0.05, 0) is 54.1 Å². The number of nitrogens with zero attached hydrogens (tertiary/aromatic N) is 1. The highest BCUT2D eigenvalue weighted by Crippen LogP contribution is 2.33. The number of ether oxygens (including phenoxy) is 1.